The predicted octanol–water partition coefficient (Wildman–Crippen LogP) is 2.23. The summed E-state index contributed by atoms with van der Waals surface area (Å²) in [5.74, 6) is -0.225. The van der Waals surface area contributed by atoms with Gasteiger partial charge in [0.15, 0.2) is 5.17 Å². The first-order valence-corrected chi connectivity index (χ1v) is 7.85. The lowest BCUT2D eigenvalue weighted by molar-refractivity contribution is -0.116. The Hall–Kier alpha value is -2.28. The van der Waals surface area contributed by atoms with Crippen LogP contribution in [-0.2, 0) is 9.59 Å². The van der Waals surface area contributed by atoms with Crippen molar-refractivity contribution < 1.29 is 9.59 Å². The molecule has 1 aromatic carbocycles. The molecule has 6 nitrogen and oxygen atoms in total. The number of rotatable bonds is 4. The number of amides is 2. The van der Waals surface area contributed by atoms with Gasteiger partial charge in [-0.1, -0.05) is 17.8 Å². The number of anilines is 2. The first kappa shape index (κ1) is 14.6. The van der Waals surface area contributed by atoms with Crippen molar-refractivity contribution >= 4 is 40.1 Å². The van der Waals surface area contributed by atoms with Gasteiger partial charge in [0.25, 0.3) is 0 Å². The summed E-state index contributed by atoms with van der Waals surface area (Å²) >= 11 is 1.57. The highest BCUT2D eigenvalue weighted by Gasteiger charge is 2.27. The molecular formula is C15H16N4O2S. The summed E-state index contributed by atoms with van der Waals surface area (Å²) in [5, 5.41) is 8.51. The molecule has 0 aromatic heterocycles. The van der Waals surface area contributed by atoms with Crippen LogP contribution in [0.5, 0.6) is 0 Å². The van der Waals surface area contributed by atoms with Crippen LogP contribution in [0.1, 0.15) is 13.3 Å². The van der Waals surface area contributed by atoms with Crippen LogP contribution < -0.4 is 10.6 Å². The highest BCUT2D eigenvalue weighted by molar-refractivity contribution is 8.16. The molecule has 0 atom stereocenters. The van der Waals surface area contributed by atoms with E-state index in [9.17, 15) is 9.59 Å². The molecule has 22 heavy (non-hydrogen) atoms. The van der Waals surface area contributed by atoms with Gasteiger partial charge in [0.2, 0.25) is 11.8 Å². The Kier molecular flexibility index (Phi) is 4.15. The van der Waals surface area contributed by atoms with Gasteiger partial charge in [0, 0.05) is 30.5 Å². The Morgan fingerprint density at radius 3 is 2.86 bits per heavy atom. The molecule has 2 aliphatic heterocycles. The fourth-order valence-electron chi connectivity index (χ4n) is 2.36. The molecule has 0 saturated carbocycles. The lowest BCUT2D eigenvalue weighted by Crippen LogP contribution is -2.24. The fourth-order valence-corrected chi connectivity index (χ4v) is 3.32. The van der Waals surface area contributed by atoms with E-state index in [2.05, 4.69) is 20.5 Å². The number of nitrogens with zero attached hydrogens (tertiary/aromatic N) is 2. The molecule has 7 heteroatoms. The van der Waals surface area contributed by atoms with Crippen molar-refractivity contribution in [2.24, 2.45) is 4.99 Å². The maximum Gasteiger partial charge on any atom is 0.230 e. The average Bonchev–Trinajstić information content (AvgIpc) is 3.03. The van der Waals surface area contributed by atoms with Crippen LogP contribution in [0.3, 0.4) is 0 Å². The van der Waals surface area contributed by atoms with Gasteiger partial charge in [-0.15, -0.1) is 0 Å². The summed E-state index contributed by atoms with van der Waals surface area (Å²) in [4.78, 5) is 29.7. The number of carbonyl (C=O) groups excluding carboxylic acids is 2. The van der Waals surface area contributed by atoms with E-state index in [-0.39, 0.29) is 11.8 Å². The van der Waals surface area contributed by atoms with Gasteiger partial charge in [-0.25, -0.2) is 0 Å². The molecule has 0 aliphatic carbocycles. The van der Waals surface area contributed by atoms with Crippen molar-refractivity contribution in [3.8, 4) is 0 Å². The lowest BCUT2D eigenvalue weighted by Gasteiger charge is -2.16. The zero-order chi connectivity index (χ0) is 15.5. The van der Waals surface area contributed by atoms with Gasteiger partial charge in [-0.2, -0.15) is 0 Å². The molecule has 0 saturated heterocycles. The molecule has 1 aromatic rings. The SMILES string of the molecule is CC(=O)Nc1cccc(NC(=O)CC2=CSC3=NCCN23)c1. The molecule has 0 spiro atoms. The van der Waals surface area contributed by atoms with E-state index in [1.54, 1.807) is 36.0 Å². The zero-order valence-electron chi connectivity index (χ0n) is 12.1. The molecule has 0 bridgehead atoms. The smallest absolute Gasteiger partial charge is 0.230 e. The summed E-state index contributed by atoms with van der Waals surface area (Å²) in [7, 11) is 0. The normalized spacial score (nSPS) is 16.0. The maximum absolute atomic E-state index is 12.2. The van der Waals surface area contributed by atoms with Crippen molar-refractivity contribution in [1.29, 1.82) is 0 Å². The van der Waals surface area contributed by atoms with E-state index in [0.717, 1.165) is 24.0 Å². The minimum atomic E-state index is -0.141. The number of hydrogen-bond acceptors (Lipinski definition) is 5. The Bertz CT molecular complexity index is 684. The first-order valence-electron chi connectivity index (χ1n) is 6.97. The van der Waals surface area contributed by atoms with Crippen molar-refractivity contribution in [1.82, 2.24) is 4.90 Å². The van der Waals surface area contributed by atoms with Crippen LogP contribution in [0.25, 0.3) is 0 Å². The average molecular weight is 316 g/mol. The van der Waals surface area contributed by atoms with E-state index in [4.69, 9.17) is 0 Å². The number of aliphatic imine (C=N–C) groups is 1. The van der Waals surface area contributed by atoms with Crippen LogP contribution in [0, 0.1) is 0 Å². The molecule has 2 aliphatic rings. The Morgan fingerprint density at radius 1 is 1.32 bits per heavy atom. The minimum Gasteiger partial charge on any atom is -0.326 e. The van der Waals surface area contributed by atoms with Crippen LogP contribution >= 0.6 is 11.8 Å². The highest BCUT2D eigenvalue weighted by Crippen LogP contribution is 2.31. The van der Waals surface area contributed by atoms with Gasteiger partial charge in [-0.3, -0.25) is 14.6 Å². The molecule has 2 amide bonds. The molecule has 2 N–H and O–H groups in total. The van der Waals surface area contributed by atoms with E-state index in [1.165, 1.54) is 6.92 Å². The number of nitrogens with one attached hydrogen (secondary N) is 2. The monoisotopic (exact) mass is 316 g/mol. The van der Waals surface area contributed by atoms with Crippen molar-refractivity contribution in [3.05, 3.63) is 35.4 Å². The standard InChI is InChI=1S/C15H16N4O2S/c1-10(20)17-11-3-2-4-12(7-11)18-14(21)8-13-9-22-15-16-5-6-19(13)15/h2-4,7,9H,5-6,8H2,1H3,(H,17,20)(H,18,21). The largest absolute Gasteiger partial charge is 0.326 e. The second kappa shape index (κ2) is 6.23. The van der Waals surface area contributed by atoms with Crippen LogP contribution in [-0.4, -0.2) is 35.0 Å². The van der Waals surface area contributed by atoms with Crippen molar-refractivity contribution in [3.63, 3.8) is 0 Å². The zero-order valence-corrected chi connectivity index (χ0v) is 12.9. The van der Waals surface area contributed by atoms with Crippen LogP contribution in [0.15, 0.2) is 40.4 Å². The van der Waals surface area contributed by atoms with Crippen LogP contribution in [0.2, 0.25) is 0 Å². The molecule has 114 valence electrons. The van der Waals surface area contributed by atoms with Crippen LogP contribution in [0.4, 0.5) is 11.4 Å². The number of amidine groups is 1. The molecule has 2 heterocycles. The van der Waals surface area contributed by atoms with Gasteiger partial charge in [0.05, 0.1) is 13.0 Å². The van der Waals surface area contributed by atoms with Gasteiger partial charge >= 0.3 is 0 Å². The number of fused-ring (bicyclic) bond motifs is 1. The summed E-state index contributed by atoms with van der Waals surface area (Å²) in [6.45, 7) is 3.09. The van der Waals surface area contributed by atoms with Crippen molar-refractivity contribution in [2.45, 2.75) is 13.3 Å². The molecular weight excluding hydrogens is 300 g/mol. The number of thioether (sulfide) groups is 1. The highest BCUT2D eigenvalue weighted by atomic mass is 32.2. The second-order valence-electron chi connectivity index (χ2n) is 5.03. The number of benzene rings is 1. The summed E-state index contributed by atoms with van der Waals surface area (Å²) in [5.41, 5.74) is 2.31. The summed E-state index contributed by atoms with van der Waals surface area (Å²) in [6, 6.07) is 7.10. The lowest BCUT2D eigenvalue weighted by atomic mass is 10.2. The third-order valence-corrected chi connectivity index (χ3v) is 4.21. The Labute approximate surface area is 132 Å². The van der Waals surface area contributed by atoms with Gasteiger partial charge < -0.3 is 15.5 Å². The second-order valence-corrected chi connectivity index (χ2v) is 5.87. The summed E-state index contributed by atoms with van der Waals surface area (Å²) < 4.78 is 0. The molecule has 0 fully saturated rings. The van der Waals surface area contributed by atoms with Gasteiger partial charge in [-0.05, 0) is 23.6 Å². The van der Waals surface area contributed by atoms with Gasteiger partial charge in [0.1, 0.15) is 0 Å². The third-order valence-electron chi connectivity index (χ3n) is 3.26. The number of carbonyl (C=O) groups is 2. The summed E-state index contributed by atoms with van der Waals surface area (Å²) in [6.07, 6.45) is 0.316. The van der Waals surface area contributed by atoms with Crippen molar-refractivity contribution in [2.75, 3.05) is 23.7 Å². The predicted molar refractivity (Wildman–Crippen MR) is 88.7 cm³/mol. The van der Waals surface area contributed by atoms with E-state index in [1.807, 2.05) is 5.41 Å². The topological polar surface area (TPSA) is 73.8 Å². The van der Waals surface area contributed by atoms with E-state index in [0.29, 0.717) is 17.8 Å². The molecule has 0 unspecified atom stereocenters. The van der Waals surface area contributed by atoms with E-state index >= 15 is 0 Å². The van der Waals surface area contributed by atoms with E-state index < -0.39 is 0 Å². The Balaban J connectivity index is 1.60. The third kappa shape index (κ3) is 3.30. The Morgan fingerprint density at radius 2 is 2.09 bits per heavy atom. The first-order chi connectivity index (χ1) is 10.6. The molecule has 3 rings (SSSR count). The maximum atomic E-state index is 12.2. The fraction of sp³-hybridized carbons (Fsp3) is 0.267. The number of hydrogen-bond donors (Lipinski definition) is 2. The minimum absolute atomic E-state index is 0.0834. The quantitative estimate of drug-likeness (QED) is 0.893. The molecule has 0 radical (unpaired) electrons.